The summed E-state index contributed by atoms with van der Waals surface area (Å²) in [5.74, 6) is 0.722. The average Bonchev–Trinajstić information content (AvgIpc) is 1.91. The summed E-state index contributed by atoms with van der Waals surface area (Å²) in [5, 5.41) is 0. The number of hydrogen-bond acceptors (Lipinski definition) is 3. The van der Waals surface area contributed by atoms with Crippen molar-refractivity contribution in [3.63, 3.8) is 0 Å². The first kappa shape index (κ1) is 9.88. The maximum atomic E-state index is 5.08. The molecule has 1 rings (SSSR count). The molecule has 0 saturated heterocycles. The Morgan fingerprint density at radius 3 is 2.50 bits per heavy atom. The standard InChI is InChI=1S/C6H8N2O.Na/c1-2-9-6-3-7-5-8-4-6;/h3-5H,2H2,1H3;. The zero-order chi connectivity index (χ0) is 6.53. The Morgan fingerprint density at radius 2 is 2.00 bits per heavy atom. The minimum atomic E-state index is 0. The van der Waals surface area contributed by atoms with Gasteiger partial charge in [-0.3, -0.25) is 0 Å². The molecule has 0 aliphatic heterocycles. The first-order chi connectivity index (χ1) is 4.43. The SMILES string of the molecule is CCOc1cncnc1.[Na]. The van der Waals surface area contributed by atoms with Crippen molar-refractivity contribution in [2.75, 3.05) is 6.61 Å². The van der Waals surface area contributed by atoms with Gasteiger partial charge in [0, 0.05) is 29.6 Å². The molecule has 1 aromatic heterocycles. The fourth-order valence-electron chi connectivity index (χ4n) is 0.527. The molecule has 0 atom stereocenters. The molecule has 0 aromatic carbocycles. The van der Waals surface area contributed by atoms with Crippen LogP contribution in [0.15, 0.2) is 18.7 Å². The zero-order valence-electron chi connectivity index (χ0n) is 6.24. The Hall–Kier alpha value is -0.120. The fraction of sp³-hybridized carbons (Fsp3) is 0.333. The number of ether oxygens (including phenoxy) is 1. The van der Waals surface area contributed by atoms with Gasteiger partial charge in [0.1, 0.15) is 6.33 Å². The molecule has 1 radical (unpaired) electrons. The zero-order valence-corrected chi connectivity index (χ0v) is 8.24. The second-order valence-corrected chi connectivity index (χ2v) is 1.51. The predicted molar refractivity (Wildman–Crippen MR) is 39.0 cm³/mol. The molecule has 4 heteroatoms. The van der Waals surface area contributed by atoms with Crippen LogP contribution in [0.1, 0.15) is 6.92 Å². The van der Waals surface area contributed by atoms with Gasteiger partial charge in [0.05, 0.1) is 19.0 Å². The maximum Gasteiger partial charge on any atom is 0.155 e. The molecule has 0 aliphatic carbocycles. The van der Waals surface area contributed by atoms with Crippen LogP contribution in [0.4, 0.5) is 0 Å². The van der Waals surface area contributed by atoms with Crippen LogP contribution in [0, 0.1) is 0 Å². The molecule has 0 bridgehead atoms. The Bertz CT molecular complexity index is 169. The largest absolute Gasteiger partial charge is 0.491 e. The van der Waals surface area contributed by atoms with Crippen LogP contribution in [0.3, 0.4) is 0 Å². The molecule has 0 spiro atoms. The normalized spacial score (nSPS) is 8.10. The Kier molecular flexibility index (Phi) is 5.58. The summed E-state index contributed by atoms with van der Waals surface area (Å²) in [6.45, 7) is 2.58. The predicted octanol–water partition coefficient (Wildman–Crippen LogP) is 0.494. The van der Waals surface area contributed by atoms with Crippen molar-refractivity contribution in [3.8, 4) is 5.75 Å². The molecule has 0 saturated carbocycles. The van der Waals surface area contributed by atoms with Crippen LogP contribution in [0.2, 0.25) is 0 Å². The maximum absolute atomic E-state index is 5.08. The van der Waals surface area contributed by atoms with Crippen molar-refractivity contribution in [2.24, 2.45) is 0 Å². The minimum absolute atomic E-state index is 0. The molecule has 0 aliphatic rings. The van der Waals surface area contributed by atoms with E-state index in [4.69, 9.17) is 4.74 Å². The smallest absolute Gasteiger partial charge is 0.155 e. The van der Waals surface area contributed by atoms with Gasteiger partial charge in [0.15, 0.2) is 5.75 Å². The van der Waals surface area contributed by atoms with Gasteiger partial charge in [-0.15, -0.1) is 0 Å². The number of hydrogen-bond donors (Lipinski definition) is 0. The number of aromatic nitrogens is 2. The van der Waals surface area contributed by atoms with Crippen molar-refractivity contribution < 1.29 is 4.74 Å². The second kappa shape index (κ2) is 5.65. The molecule has 0 amide bonds. The molecule has 0 unspecified atom stereocenters. The van der Waals surface area contributed by atoms with Gasteiger partial charge >= 0.3 is 0 Å². The molecular weight excluding hydrogens is 139 g/mol. The summed E-state index contributed by atoms with van der Waals surface area (Å²) < 4.78 is 5.08. The van der Waals surface area contributed by atoms with Crippen LogP contribution in [0.5, 0.6) is 5.75 Å². The van der Waals surface area contributed by atoms with Gasteiger partial charge in [-0.1, -0.05) is 0 Å². The van der Waals surface area contributed by atoms with Crippen LogP contribution in [-0.4, -0.2) is 46.1 Å². The van der Waals surface area contributed by atoms with E-state index in [1.54, 1.807) is 12.4 Å². The summed E-state index contributed by atoms with van der Waals surface area (Å²) in [4.78, 5) is 7.53. The third-order valence-corrected chi connectivity index (χ3v) is 0.848. The molecule has 0 N–H and O–H groups in total. The molecule has 0 fully saturated rings. The Labute approximate surface area is 82.1 Å². The van der Waals surface area contributed by atoms with E-state index in [0.717, 1.165) is 5.75 Å². The van der Waals surface area contributed by atoms with E-state index < -0.39 is 0 Å². The van der Waals surface area contributed by atoms with Gasteiger partial charge in [-0.05, 0) is 6.92 Å². The van der Waals surface area contributed by atoms with Crippen LogP contribution in [-0.2, 0) is 0 Å². The topological polar surface area (TPSA) is 35.0 Å². The van der Waals surface area contributed by atoms with Crippen molar-refractivity contribution in [2.45, 2.75) is 6.92 Å². The molecule has 3 nitrogen and oxygen atoms in total. The third-order valence-electron chi connectivity index (χ3n) is 0.848. The van der Waals surface area contributed by atoms with Gasteiger partial charge < -0.3 is 4.74 Å². The van der Waals surface area contributed by atoms with Crippen LogP contribution in [0.25, 0.3) is 0 Å². The third kappa shape index (κ3) is 3.15. The van der Waals surface area contributed by atoms with E-state index in [2.05, 4.69) is 9.97 Å². The number of rotatable bonds is 2. The molecule has 49 valence electrons. The first-order valence-corrected chi connectivity index (χ1v) is 2.81. The first-order valence-electron chi connectivity index (χ1n) is 2.81. The summed E-state index contributed by atoms with van der Waals surface area (Å²) in [6.07, 6.45) is 4.75. The summed E-state index contributed by atoms with van der Waals surface area (Å²) in [6, 6.07) is 0. The van der Waals surface area contributed by atoms with Gasteiger partial charge in [0.2, 0.25) is 0 Å². The number of nitrogens with zero attached hydrogens (tertiary/aromatic N) is 2. The van der Waals surface area contributed by atoms with E-state index in [0.29, 0.717) is 6.61 Å². The van der Waals surface area contributed by atoms with E-state index in [-0.39, 0.29) is 29.6 Å². The van der Waals surface area contributed by atoms with E-state index in [9.17, 15) is 0 Å². The molecule has 1 aromatic rings. The van der Waals surface area contributed by atoms with Crippen molar-refractivity contribution in [3.05, 3.63) is 18.7 Å². The quantitative estimate of drug-likeness (QED) is 0.571. The summed E-state index contributed by atoms with van der Waals surface area (Å²) in [5.41, 5.74) is 0. The van der Waals surface area contributed by atoms with E-state index in [1.807, 2.05) is 6.92 Å². The van der Waals surface area contributed by atoms with Gasteiger partial charge in [-0.25, -0.2) is 9.97 Å². The average molecular weight is 147 g/mol. The van der Waals surface area contributed by atoms with E-state index in [1.165, 1.54) is 6.33 Å². The summed E-state index contributed by atoms with van der Waals surface area (Å²) >= 11 is 0. The minimum Gasteiger partial charge on any atom is -0.491 e. The van der Waals surface area contributed by atoms with Crippen LogP contribution >= 0.6 is 0 Å². The molecule has 10 heavy (non-hydrogen) atoms. The van der Waals surface area contributed by atoms with E-state index >= 15 is 0 Å². The summed E-state index contributed by atoms with van der Waals surface area (Å²) in [7, 11) is 0. The van der Waals surface area contributed by atoms with Gasteiger partial charge in [-0.2, -0.15) is 0 Å². The monoisotopic (exact) mass is 147 g/mol. The Balaban J connectivity index is 0.000000810. The second-order valence-electron chi connectivity index (χ2n) is 1.51. The van der Waals surface area contributed by atoms with Crippen LogP contribution < -0.4 is 4.74 Å². The molecular formula is C6H8N2NaO. The van der Waals surface area contributed by atoms with Crippen molar-refractivity contribution in [1.29, 1.82) is 0 Å². The van der Waals surface area contributed by atoms with Gasteiger partial charge in [0.25, 0.3) is 0 Å². The van der Waals surface area contributed by atoms with Crippen molar-refractivity contribution in [1.82, 2.24) is 9.97 Å². The Morgan fingerprint density at radius 1 is 1.40 bits per heavy atom. The fourth-order valence-corrected chi connectivity index (χ4v) is 0.527. The van der Waals surface area contributed by atoms with Crippen molar-refractivity contribution >= 4 is 29.6 Å². The molecule has 1 heterocycles.